The molecule has 1 heterocycles. The van der Waals surface area contributed by atoms with Crippen molar-refractivity contribution in [2.24, 2.45) is 0 Å². The quantitative estimate of drug-likeness (QED) is 0.616. The molecular weight excluding hydrogens is 234 g/mol. The van der Waals surface area contributed by atoms with Crippen molar-refractivity contribution in [2.45, 2.75) is 38.4 Å². The maximum absolute atomic E-state index is 9.80. The summed E-state index contributed by atoms with van der Waals surface area (Å²) < 4.78 is 5.35. The summed E-state index contributed by atoms with van der Waals surface area (Å²) in [6.07, 6.45) is -3.58. The Morgan fingerprint density at radius 1 is 1.17 bits per heavy atom. The Kier molecular flexibility index (Phi) is 3.87. The van der Waals surface area contributed by atoms with Crippen LogP contribution in [-0.4, -0.2) is 46.5 Å². The Balaban J connectivity index is 2.07. The second kappa shape index (κ2) is 5.24. The van der Waals surface area contributed by atoms with E-state index in [9.17, 15) is 10.2 Å². The van der Waals surface area contributed by atoms with Crippen LogP contribution >= 0.6 is 0 Å². The number of hydrogen-bond donors (Lipinski definition) is 4. The Labute approximate surface area is 106 Å². The highest BCUT2D eigenvalue weighted by atomic mass is 16.6. The van der Waals surface area contributed by atoms with Gasteiger partial charge in [0.1, 0.15) is 18.3 Å². The summed E-state index contributed by atoms with van der Waals surface area (Å²) in [7, 11) is 0. The van der Waals surface area contributed by atoms with E-state index < -0.39 is 24.5 Å². The van der Waals surface area contributed by atoms with E-state index in [1.165, 1.54) is 5.56 Å². The molecule has 0 bridgehead atoms. The zero-order chi connectivity index (χ0) is 13.3. The summed E-state index contributed by atoms with van der Waals surface area (Å²) in [6.45, 7) is 3.70. The van der Waals surface area contributed by atoms with Gasteiger partial charge in [0.25, 0.3) is 0 Å². The molecule has 1 aromatic carbocycles. The molecule has 4 atom stereocenters. The maximum Gasteiger partial charge on any atom is 0.157 e. The summed E-state index contributed by atoms with van der Waals surface area (Å²) in [5.41, 5.74) is 3.13. The molecule has 2 rings (SSSR count). The van der Waals surface area contributed by atoms with E-state index in [4.69, 9.17) is 9.84 Å². The molecule has 5 heteroatoms. The van der Waals surface area contributed by atoms with E-state index >= 15 is 0 Å². The van der Waals surface area contributed by atoms with Gasteiger partial charge in [0.2, 0.25) is 0 Å². The normalized spacial score (nSPS) is 31.6. The van der Waals surface area contributed by atoms with Crippen LogP contribution in [-0.2, 0) is 4.74 Å². The summed E-state index contributed by atoms with van der Waals surface area (Å²) in [4.78, 5) is 0. The van der Waals surface area contributed by atoms with Gasteiger partial charge in [0, 0.05) is 5.69 Å². The van der Waals surface area contributed by atoms with E-state index in [0.717, 1.165) is 11.3 Å². The fourth-order valence-electron chi connectivity index (χ4n) is 2.01. The highest BCUT2D eigenvalue weighted by Gasteiger charge is 2.42. The van der Waals surface area contributed by atoms with Gasteiger partial charge in [-0.3, -0.25) is 0 Å². The number of aliphatic hydroxyl groups is 3. The molecule has 0 saturated carbocycles. The van der Waals surface area contributed by atoms with Crippen molar-refractivity contribution in [1.82, 2.24) is 0 Å². The predicted molar refractivity (Wildman–Crippen MR) is 67.3 cm³/mol. The molecule has 1 aromatic rings. The van der Waals surface area contributed by atoms with Crippen molar-refractivity contribution >= 4 is 5.69 Å². The van der Waals surface area contributed by atoms with Crippen LogP contribution in [0.25, 0.3) is 0 Å². The van der Waals surface area contributed by atoms with E-state index in [2.05, 4.69) is 5.32 Å². The van der Waals surface area contributed by atoms with Crippen LogP contribution in [0.5, 0.6) is 0 Å². The van der Waals surface area contributed by atoms with Crippen molar-refractivity contribution in [1.29, 1.82) is 0 Å². The summed E-state index contributed by atoms with van der Waals surface area (Å²) >= 11 is 0. The number of hydrogen-bond acceptors (Lipinski definition) is 5. The van der Waals surface area contributed by atoms with Crippen LogP contribution in [0.4, 0.5) is 5.69 Å². The predicted octanol–water partition coefficient (Wildman–Crippen LogP) is 0.154. The lowest BCUT2D eigenvalue weighted by Crippen LogP contribution is -2.36. The molecule has 0 aromatic heterocycles. The molecule has 0 spiro atoms. The molecule has 4 N–H and O–H groups in total. The average molecular weight is 253 g/mol. The molecule has 1 aliphatic rings. The topological polar surface area (TPSA) is 82.0 Å². The van der Waals surface area contributed by atoms with Gasteiger partial charge < -0.3 is 25.4 Å². The van der Waals surface area contributed by atoms with E-state index in [1.54, 1.807) is 0 Å². The summed E-state index contributed by atoms with van der Waals surface area (Å²) in [5.74, 6) is 0. The van der Waals surface area contributed by atoms with Crippen molar-refractivity contribution in [3.63, 3.8) is 0 Å². The molecule has 1 saturated heterocycles. The Morgan fingerprint density at radius 3 is 2.44 bits per heavy atom. The van der Waals surface area contributed by atoms with Gasteiger partial charge in [0.15, 0.2) is 6.23 Å². The Bertz CT molecular complexity index is 423. The Hall–Kier alpha value is -1.14. The molecule has 0 unspecified atom stereocenters. The molecule has 1 fully saturated rings. The second-order valence-corrected chi connectivity index (χ2v) is 4.70. The number of nitrogens with one attached hydrogen (secondary N) is 1. The maximum atomic E-state index is 9.80. The zero-order valence-corrected chi connectivity index (χ0v) is 10.5. The minimum atomic E-state index is -1.07. The Morgan fingerprint density at radius 2 is 1.89 bits per heavy atom. The van der Waals surface area contributed by atoms with Gasteiger partial charge in [-0.2, -0.15) is 0 Å². The molecule has 100 valence electrons. The van der Waals surface area contributed by atoms with Crippen molar-refractivity contribution < 1.29 is 20.1 Å². The molecule has 0 aliphatic carbocycles. The lowest BCUT2D eigenvalue weighted by atomic mass is 10.1. The van der Waals surface area contributed by atoms with Crippen molar-refractivity contribution in [2.75, 3.05) is 11.9 Å². The SMILES string of the molecule is Cc1ccc(N[C@@H]2O[C@H](CO)[C@@H](O)[C@@H]2O)cc1C. The van der Waals surface area contributed by atoms with Crippen LogP contribution < -0.4 is 5.32 Å². The van der Waals surface area contributed by atoms with Gasteiger partial charge in [-0.25, -0.2) is 0 Å². The number of ether oxygens (including phenoxy) is 1. The van der Waals surface area contributed by atoms with Crippen LogP contribution in [0.15, 0.2) is 18.2 Å². The van der Waals surface area contributed by atoms with Gasteiger partial charge in [0.05, 0.1) is 6.61 Å². The van der Waals surface area contributed by atoms with Crippen LogP contribution in [0.1, 0.15) is 11.1 Å². The highest BCUT2D eigenvalue weighted by molar-refractivity contribution is 5.48. The van der Waals surface area contributed by atoms with Crippen LogP contribution in [0.2, 0.25) is 0 Å². The fourth-order valence-corrected chi connectivity index (χ4v) is 2.01. The minimum absolute atomic E-state index is 0.316. The van der Waals surface area contributed by atoms with Crippen molar-refractivity contribution in [3.8, 4) is 0 Å². The van der Waals surface area contributed by atoms with Crippen LogP contribution in [0.3, 0.4) is 0 Å². The standard InChI is InChI=1S/C13H19NO4/c1-7-3-4-9(5-8(7)2)14-13-12(17)11(16)10(6-15)18-13/h3-5,10-17H,6H2,1-2H3/t10-,11-,12+,13-/m1/s1. The van der Waals surface area contributed by atoms with Gasteiger partial charge in [-0.05, 0) is 37.1 Å². The lowest BCUT2D eigenvalue weighted by molar-refractivity contribution is -0.0153. The summed E-state index contributed by atoms with van der Waals surface area (Å²) in [6, 6.07) is 5.81. The van der Waals surface area contributed by atoms with E-state index in [0.29, 0.717) is 0 Å². The van der Waals surface area contributed by atoms with Crippen LogP contribution in [0, 0.1) is 13.8 Å². The third kappa shape index (κ3) is 2.49. The smallest absolute Gasteiger partial charge is 0.157 e. The summed E-state index contributed by atoms with van der Waals surface area (Å²) in [5, 5.41) is 31.4. The highest BCUT2D eigenvalue weighted by Crippen LogP contribution is 2.23. The fraction of sp³-hybridized carbons (Fsp3) is 0.538. The van der Waals surface area contributed by atoms with Gasteiger partial charge in [-0.1, -0.05) is 6.07 Å². The average Bonchev–Trinajstić information content (AvgIpc) is 2.62. The minimum Gasteiger partial charge on any atom is -0.394 e. The molecule has 5 nitrogen and oxygen atoms in total. The molecular formula is C13H19NO4. The number of benzene rings is 1. The van der Waals surface area contributed by atoms with Crippen molar-refractivity contribution in [3.05, 3.63) is 29.3 Å². The largest absolute Gasteiger partial charge is 0.394 e. The first-order valence-corrected chi connectivity index (χ1v) is 5.99. The van der Waals surface area contributed by atoms with E-state index in [1.807, 2.05) is 32.0 Å². The number of anilines is 1. The molecule has 18 heavy (non-hydrogen) atoms. The lowest BCUT2D eigenvalue weighted by Gasteiger charge is -2.18. The van der Waals surface area contributed by atoms with Gasteiger partial charge >= 0.3 is 0 Å². The number of aliphatic hydroxyl groups excluding tert-OH is 3. The first-order valence-electron chi connectivity index (χ1n) is 5.99. The first kappa shape index (κ1) is 13.3. The first-order chi connectivity index (χ1) is 8.52. The molecule has 0 radical (unpaired) electrons. The molecule has 0 amide bonds. The third-order valence-electron chi connectivity index (χ3n) is 3.36. The number of aryl methyl sites for hydroxylation is 2. The number of rotatable bonds is 3. The zero-order valence-electron chi connectivity index (χ0n) is 10.5. The van der Waals surface area contributed by atoms with Gasteiger partial charge in [-0.15, -0.1) is 0 Å². The monoisotopic (exact) mass is 253 g/mol. The second-order valence-electron chi connectivity index (χ2n) is 4.70. The molecule has 1 aliphatic heterocycles. The third-order valence-corrected chi connectivity index (χ3v) is 3.36. The van der Waals surface area contributed by atoms with E-state index in [-0.39, 0.29) is 6.61 Å².